The largest absolute Gasteiger partial charge is 0.493 e. The van der Waals surface area contributed by atoms with Gasteiger partial charge in [-0.05, 0) is 24.3 Å². The van der Waals surface area contributed by atoms with Crippen molar-refractivity contribution in [3.05, 3.63) is 47.5 Å². The summed E-state index contributed by atoms with van der Waals surface area (Å²) in [6.45, 7) is -0.703. The lowest BCUT2D eigenvalue weighted by Crippen LogP contribution is -2.21. The van der Waals surface area contributed by atoms with Gasteiger partial charge in [-0.3, -0.25) is 4.79 Å². The maximum Gasteiger partial charge on any atom is 0.338 e. The van der Waals surface area contributed by atoms with Crippen molar-refractivity contribution in [3.8, 4) is 17.2 Å². The molecule has 0 unspecified atom stereocenters. The fourth-order valence-corrected chi connectivity index (χ4v) is 2.19. The van der Waals surface area contributed by atoms with Crippen molar-refractivity contribution >= 4 is 17.6 Å². The first-order chi connectivity index (χ1) is 12.9. The number of anilines is 1. The fraction of sp³-hybridized carbons (Fsp3) is 0.222. The molecule has 0 aromatic heterocycles. The first-order valence-electron chi connectivity index (χ1n) is 7.61. The Morgan fingerprint density at radius 3 is 2.15 bits per heavy atom. The van der Waals surface area contributed by atoms with Gasteiger partial charge in [0.25, 0.3) is 5.91 Å². The monoisotopic (exact) mass is 381 g/mol. The molecule has 2 rings (SSSR count). The molecule has 0 atom stereocenters. The number of hydrogen-bond donors (Lipinski definition) is 1. The molecule has 0 aliphatic heterocycles. The van der Waals surface area contributed by atoms with Crippen molar-refractivity contribution in [1.82, 2.24) is 0 Å². The number of halogens is 2. The molecule has 9 heteroatoms. The molecule has 27 heavy (non-hydrogen) atoms. The molecule has 1 amide bonds. The van der Waals surface area contributed by atoms with Crippen LogP contribution >= 0.6 is 0 Å². The van der Waals surface area contributed by atoms with E-state index < -0.39 is 30.1 Å². The molecule has 0 saturated carbocycles. The van der Waals surface area contributed by atoms with Crippen LogP contribution in [0.4, 0.5) is 14.5 Å². The third-order valence-corrected chi connectivity index (χ3v) is 3.44. The molecule has 7 nitrogen and oxygen atoms in total. The van der Waals surface area contributed by atoms with Crippen LogP contribution in [0.15, 0.2) is 30.3 Å². The summed E-state index contributed by atoms with van der Waals surface area (Å²) in [5.74, 6) is -2.47. The van der Waals surface area contributed by atoms with E-state index in [4.69, 9.17) is 18.9 Å². The van der Waals surface area contributed by atoms with Crippen LogP contribution in [0.1, 0.15) is 10.4 Å². The van der Waals surface area contributed by atoms with E-state index in [1.54, 1.807) is 0 Å². The van der Waals surface area contributed by atoms with Crippen LogP contribution in [-0.4, -0.2) is 39.8 Å². The smallest absolute Gasteiger partial charge is 0.338 e. The van der Waals surface area contributed by atoms with Crippen LogP contribution in [-0.2, 0) is 9.53 Å². The number of ether oxygens (including phenoxy) is 4. The molecule has 0 heterocycles. The molecule has 0 aliphatic rings. The number of hydrogen-bond acceptors (Lipinski definition) is 6. The summed E-state index contributed by atoms with van der Waals surface area (Å²) in [7, 11) is 4.18. The number of amides is 1. The third-order valence-electron chi connectivity index (χ3n) is 3.44. The summed E-state index contributed by atoms with van der Waals surface area (Å²) in [4.78, 5) is 24.0. The van der Waals surface area contributed by atoms with Crippen molar-refractivity contribution in [2.75, 3.05) is 33.3 Å². The Morgan fingerprint density at radius 2 is 1.59 bits per heavy atom. The quantitative estimate of drug-likeness (QED) is 0.743. The van der Waals surface area contributed by atoms with E-state index in [0.717, 1.165) is 18.2 Å². The Labute approximate surface area is 153 Å². The molecule has 0 bridgehead atoms. The molecule has 0 radical (unpaired) electrons. The van der Waals surface area contributed by atoms with Gasteiger partial charge in [-0.1, -0.05) is 0 Å². The zero-order valence-corrected chi connectivity index (χ0v) is 14.8. The number of rotatable bonds is 7. The number of methoxy groups -OCH3 is 3. The number of carbonyl (C=O) groups excluding carboxylic acids is 2. The lowest BCUT2D eigenvalue weighted by Gasteiger charge is -2.13. The van der Waals surface area contributed by atoms with Gasteiger partial charge in [0.2, 0.25) is 5.75 Å². The Hall–Kier alpha value is -3.36. The molecule has 0 saturated heterocycles. The third kappa shape index (κ3) is 4.84. The predicted molar refractivity (Wildman–Crippen MR) is 91.4 cm³/mol. The van der Waals surface area contributed by atoms with Gasteiger partial charge < -0.3 is 24.3 Å². The van der Waals surface area contributed by atoms with Gasteiger partial charge >= 0.3 is 5.97 Å². The lowest BCUT2D eigenvalue weighted by molar-refractivity contribution is -0.119. The van der Waals surface area contributed by atoms with Gasteiger partial charge in [-0.25, -0.2) is 13.6 Å². The van der Waals surface area contributed by atoms with Crippen molar-refractivity contribution < 1.29 is 37.3 Å². The second kappa shape index (κ2) is 8.84. The van der Waals surface area contributed by atoms with Crippen LogP contribution in [0.25, 0.3) is 0 Å². The highest BCUT2D eigenvalue weighted by Crippen LogP contribution is 2.38. The van der Waals surface area contributed by atoms with Crippen LogP contribution in [0.5, 0.6) is 17.2 Å². The summed E-state index contributed by atoms with van der Waals surface area (Å²) >= 11 is 0. The van der Waals surface area contributed by atoms with Crippen molar-refractivity contribution in [1.29, 1.82) is 0 Å². The summed E-state index contributed by atoms with van der Waals surface area (Å²) < 4.78 is 46.9. The Balaban J connectivity index is 2.07. The zero-order chi connectivity index (χ0) is 20.0. The standard InChI is InChI=1S/C18H17F2NO6/c1-24-14-6-10(7-15(25-2)17(14)26-3)18(23)27-9-16(22)21-13-8-11(19)4-5-12(13)20/h4-8H,9H2,1-3H3,(H,21,22). The average Bonchev–Trinajstić information content (AvgIpc) is 2.67. The van der Waals surface area contributed by atoms with Gasteiger partial charge in [0, 0.05) is 6.07 Å². The summed E-state index contributed by atoms with van der Waals surface area (Å²) in [6.07, 6.45) is 0. The van der Waals surface area contributed by atoms with Gasteiger partial charge in [-0.2, -0.15) is 0 Å². The van der Waals surface area contributed by atoms with E-state index in [1.165, 1.54) is 33.5 Å². The molecule has 144 valence electrons. The minimum Gasteiger partial charge on any atom is -0.493 e. The van der Waals surface area contributed by atoms with Crippen molar-refractivity contribution in [3.63, 3.8) is 0 Å². The molecular weight excluding hydrogens is 364 g/mol. The molecule has 0 aliphatic carbocycles. The highest BCUT2D eigenvalue weighted by molar-refractivity contribution is 5.96. The van der Waals surface area contributed by atoms with E-state index in [1.807, 2.05) is 0 Å². The van der Waals surface area contributed by atoms with Crippen molar-refractivity contribution in [2.24, 2.45) is 0 Å². The molecule has 0 fully saturated rings. The Morgan fingerprint density at radius 1 is 0.963 bits per heavy atom. The SMILES string of the molecule is COc1cc(C(=O)OCC(=O)Nc2cc(F)ccc2F)cc(OC)c1OC. The lowest BCUT2D eigenvalue weighted by atomic mass is 10.2. The summed E-state index contributed by atoms with van der Waals surface area (Å²) in [5.41, 5.74) is -0.307. The topological polar surface area (TPSA) is 83.1 Å². The minimum atomic E-state index is -0.843. The van der Waals surface area contributed by atoms with Crippen LogP contribution < -0.4 is 19.5 Å². The fourth-order valence-electron chi connectivity index (χ4n) is 2.19. The van der Waals surface area contributed by atoms with E-state index in [2.05, 4.69) is 5.32 Å². The maximum absolute atomic E-state index is 13.5. The summed E-state index contributed by atoms with van der Waals surface area (Å²) in [6, 6.07) is 5.30. The molecule has 1 N–H and O–H groups in total. The van der Waals surface area contributed by atoms with E-state index in [9.17, 15) is 18.4 Å². The van der Waals surface area contributed by atoms with Gasteiger partial charge in [0.1, 0.15) is 11.6 Å². The van der Waals surface area contributed by atoms with Crippen LogP contribution in [0.3, 0.4) is 0 Å². The Bertz CT molecular complexity index is 831. The minimum absolute atomic E-state index is 0.0502. The normalized spacial score (nSPS) is 10.1. The van der Waals surface area contributed by atoms with Crippen molar-refractivity contribution in [2.45, 2.75) is 0 Å². The second-order valence-electron chi connectivity index (χ2n) is 5.16. The van der Waals surface area contributed by atoms with Gasteiger partial charge in [0.05, 0.1) is 32.6 Å². The van der Waals surface area contributed by atoms with E-state index in [-0.39, 0.29) is 28.5 Å². The molecule has 2 aromatic rings. The van der Waals surface area contributed by atoms with Gasteiger partial charge in [0.15, 0.2) is 18.1 Å². The zero-order valence-electron chi connectivity index (χ0n) is 14.8. The van der Waals surface area contributed by atoms with Crippen LogP contribution in [0, 0.1) is 11.6 Å². The van der Waals surface area contributed by atoms with E-state index in [0.29, 0.717) is 0 Å². The second-order valence-corrected chi connectivity index (χ2v) is 5.16. The summed E-state index contributed by atoms with van der Waals surface area (Å²) in [5, 5.41) is 2.12. The van der Waals surface area contributed by atoms with Crippen LogP contribution in [0.2, 0.25) is 0 Å². The number of nitrogens with one attached hydrogen (secondary N) is 1. The highest BCUT2D eigenvalue weighted by Gasteiger charge is 2.19. The first kappa shape index (κ1) is 20.0. The number of benzene rings is 2. The van der Waals surface area contributed by atoms with E-state index >= 15 is 0 Å². The molecular formula is C18H17F2NO6. The molecule has 2 aromatic carbocycles. The first-order valence-corrected chi connectivity index (χ1v) is 7.61. The Kier molecular flexibility index (Phi) is 6.53. The average molecular weight is 381 g/mol. The molecule has 0 spiro atoms. The van der Waals surface area contributed by atoms with Gasteiger partial charge in [-0.15, -0.1) is 0 Å². The number of carbonyl (C=O) groups is 2. The highest BCUT2D eigenvalue weighted by atomic mass is 19.1. The maximum atomic E-state index is 13.5. The number of esters is 1. The predicted octanol–water partition coefficient (Wildman–Crippen LogP) is 2.79.